The summed E-state index contributed by atoms with van der Waals surface area (Å²) in [4.78, 5) is 12.0. The Morgan fingerprint density at radius 3 is 2.53 bits per heavy atom. The van der Waals surface area contributed by atoms with E-state index in [1.165, 1.54) is 0 Å². The number of rotatable bonds is 5. The minimum atomic E-state index is -0.506. The molecule has 0 saturated heterocycles. The minimum Gasteiger partial charge on any atom is -0.378 e. The molecule has 1 saturated carbocycles. The van der Waals surface area contributed by atoms with Crippen LogP contribution < -0.4 is 5.32 Å². The SMILES string of the molecule is CCOC1CC(NC(=O)C(C)(C)CCl)C1(C)C. The second-order valence-corrected chi connectivity index (χ2v) is 6.31. The van der Waals surface area contributed by atoms with E-state index in [1.54, 1.807) is 0 Å². The second kappa shape index (κ2) is 5.15. The van der Waals surface area contributed by atoms with Crippen molar-refractivity contribution in [3.05, 3.63) is 0 Å². The van der Waals surface area contributed by atoms with Crippen molar-refractivity contribution in [1.82, 2.24) is 5.32 Å². The van der Waals surface area contributed by atoms with Gasteiger partial charge < -0.3 is 10.1 Å². The fourth-order valence-electron chi connectivity index (χ4n) is 2.03. The van der Waals surface area contributed by atoms with Gasteiger partial charge in [0.05, 0.1) is 11.5 Å². The van der Waals surface area contributed by atoms with Gasteiger partial charge in [0.25, 0.3) is 0 Å². The van der Waals surface area contributed by atoms with E-state index in [0.29, 0.717) is 5.88 Å². The summed E-state index contributed by atoms with van der Waals surface area (Å²) >= 11 is 5.80. The maximum absolute atomic E-state index is 12.0. The zero-order valence-electron chi connectivity index (χ0n) is 11.5. The Morgan fingerprint density at radius 2 is 2.12 bits per heavy atom. The van der Waals surface area contributed by atoms with Gasteiger partial charge in [-0.25, -0.2) is 0 Å². The van der Waals surface area contributed by atoms with E-state index in [2.05, 4.69) is 19.2 Å². The second-order valence-electron chi connectivity index (χ2n) is 6.04. The Bertz CT molecular complexity index is 289. The van der Waals surface area contributed by atoms with Crippen molar-refractivity contribution in [2.45, 2.75) is 53.2 Å². The third-order valence-electron chi connectivity index (χ3n) is 3.80. The number of carbonyl (C=O) groups is 1. The van der Waals surface area contributed by atoms with Gasteiger partial charge in [-0.1, -0.05) is 13.8 Å². The normalized spacial score (nSPS) is 27.4. The molecular formula is C13H24ClNO2. The van der Waals surface area contributed by atoms with Crippen LogP contribution in [0.5, 0.6) is 0 Å². The molecule has 1 amide bonds. The highest BCUT2D eigenvalue weighted by Crippen LogP contribution is 2.43. The number of halogens is 1. The molecule has 0 heterocycles. The highest BCUT2D eigenvalue weighted by Gasteiger charge is 2.50. The molecule has 1 aliphatic carbocycles. The lowest BCUT2D eigenvalue weighted by Gasteiger charge is -2.52. The monoisotopic (exact) mass is 261 g/mol. The first-order chi connectivity index (χ1) is 7.75. The fourth-order valence-corrected chi connectivity index (χ4v) is 2.15. The summed E-state index contributed by atoms with van der Waals surface area (Å²) in [7, 11) is 0. The van der Waals surface area contributed by atoms with Crippen molar-refractivity contribution in [2.75, 3.05) is 12.5 Å². The Labute approximate surface area is 109 Å². The Morgan fingerprint density at radius 1 is 1.53 bits per heavy atom. The summed E-state index contributed by atoms with van der Waals surface area (Å²) in [6.07, 6.45) is 1.14. The first kappa shape index (κ1) is 14.8. The predicted octanol–water partition coefficient (Wildman–Crippen LogP) is 2.57. The largest absolute Gasteiger partial charge is 0.378 e. The van der Waals surface area contributed by atoms with Gasteiger partial charge in [-0.2, -0.15) is 0 Å². The molecule has 4 heteroatoms. The van der Waals surface area contributed by atoms with E-state index in [1.807, 2.05) is 20.8 Å². The molecular weight excluding hydrogens is 238 g/mol. The molecule has 2 unspecified atom stereocenters. The first-order valence-electron chi connectivity index (χ1n) is 6.24. The van der Waals surface area contributed by atoms with E-state index < -0.39 is 5.41 Å². The van der Waals surface area contributed by atoms with E-state index >= 15 is 0 Å². The molecule has 0 radical (unpaired) electrons. The van der Waals surface area contributed by atoms with E-state index in [9.17, 15) is 4.79 Å². The van der Waals surface area contributed by atoms with Crippen molar-refractivity contribution in [3.63, 3.8) is 0 Å². The lowest BCUT2D eigenvalue weighted by Crippen LogP contribution is -2.63. The first-order valence-corrected chi connectivity index (χ1v) is 6.77. The van der Waals surface area contributed by atoms with Gasteiger partial charge in [0.2, 0.25) is 5.91 Å². The van der Waals surface area contributed by atoms with Crippen LogP contribution >= 0.6 is 11.6 Å². The lowest BCUT2D eigenvalue weighted by molar-refractivity contribution is -0.142. The molecule has 3 nitrogen and oxygen atoms in total. The number of nitrogens with one attached hydrogen (secondary N) is 1. The van der Waals surface area contributed by atoms with Crippen LogP contribution in [-0.4, -0.2) is 30.5 Å². The predicted molar refractivity (Wildman–Crippen MR) is 70.2 cm³/mol. The summed E-state index contributed by atoms with van der Waals surface area (Å²) in [5.41, 5.74) is -0.498. The average molecular weight is 262 g/mol. The zero-order chi connectivity index (χ0) is 13.3. The van der Waals surface area contributed by atoms with Crippen molar-refractivity contribution >= 4 is 17.5 Å². The molecule has 2 atom stereocenters. The van der Waals surface area contributed by atoms with Crippen LogP contribution in [0.1, 0.15) is 41.0 Å². The minimum absolute atomic E-state index is 0.00800. The number of alkyl halides is 1. The molecule has 0 aromatic heterocycles. The van der Waals surface area contributed by atoms with Crippen LogP contribution in [0.25, 0.3) is 0 Å². The van der Waals surface area contributed by atoms with Crippen molar-refractivity contribution in [2.24, 2.45) is 10.8 Å². The molecule has 0 bridgehead atoms. The highest BCUT2D eigenvalue weighted by atomic mass is 35.5. The summed E-state index contributed by atoms with van der Waals surface area (Å²) in [5, 5.41) is 3.08. The van der Waals surface area contributed by atoms with Gasteiger partial charge in [-0.15, -0.1) is 11.6 Å². The highest BCUT2D eigenvalue weighted by molar-refractivity contribution is 6.19. The van der Waals surface area contributed by atoms with Gasteiger partial charge in [0, 0.05) is 23.9 Å². The lowest BCUT2D eigenvalue weighted by atomic mass is 9.64. The fraction of sp³-hybridized carbons (Fsp3) is 0.923. The smallest absolute Gasteiger partial charge is 0.227 e. The van der Waals surface area contributed by atoms with E-state index in [4.69, 9.17) is 16.3 Å². The van der Waals surface area contributed by atoms with E-state index in [-0.39, 0.29) is 23.5 Å². The van der Waals surface area contributed by atoms with Crippen LogP contribution in [0.15, 0.2) is 0 Å². The van der Waals surface area contributed by atoms with Crippen LogP contribution in [0, 0.1) is 10.8 Å². The number of carbonyl (C=O) groups excluding carboxylic acids is 1. The number of ether oxygens (including phenoxy) is 1. The molecule has 0 aliphatic heterocycles. The van der Waals surface area contributed by atoms with Crippen LogP contribution in [0.2, 0.25) is 0 Å². The molecule has 1 aliphatic rings. The molecule has 1 N–H and O–H groups in total. The van der Waals surface area contributed by atoms with Crippen molar-refractivity contribution in [3.8, 4) is 0 Å². The average Bonchev–Trinajstić information content (AvgIpc) is 2.27. The molecule has 1 rings (SSSR count). The van der Waals surface area contributed by atoms with Gasteiger partial charge in [0.1, 0.15) is 0 Å². The summed E-state index contributed by atoms with van der Waals surface area (Å²) in [5.74, 6) is 0.362. The van der Waals surface area contributed by atoms with Crippen molar-refractivity contribution < 1.29 is 9.53 Å². The van der Waals surface area contributed by atoms with Gasteiger partial charge in [-0.3, -0.25) is 4.79 Å². The van der Waals surface area contributed by atoms with Crippen LogP contribution in [0.4, 0.5) is 0 Å². The van der Waals surface area contributed by atoms with Crippen molar-refractivity contribution in [1.29, 1.82) is 0 Å². The quantitative estimate of drug-likeness (QED) is 0.773. The maximum Gasteiger partial charge on any atom is 0.227 e. The Hall–Kier alpha value is -0.280. The van der Waals surface area contributed by atoms with Gasteiger partial charge in [-0.05, 0) is 27.2 Å². The van der Waals surface area contributed by atoms with E-state index in [0.717, 1.165) is 13.0 Å². The number of hydrogen-bond acceptors (Lipinski definition) is 2. The molecule has 0 aromatic carbocycles. The van der Waals surface area contributed by atoms with Crippen LogP contribution in [-0.2, 0) is 9.53 Å². The zero-order valence-corrected chi connectivity index (χ0v) is 12.2. The molecule has 1 fully saturated rings. The molecule has 0 aromatic rings. The third kappa shape index (κ3) is 2.94. The summed E-state index contributed by atoms with van der Waals surface area (Å²) in [6.45, 7) is 10.7. The van der Waals surface area contributed by atoms with Gasteiger partial charge in [0.15, 0.2) is 0 Å². The molecule has 17 heavy (non-hydrogen) atoms. The third-order valence-corrected chi connectivity index (χ3v) is 4.47. The Balaban J connectivity index is 2.53. The standard InChI is InChI=1S/C13H24ClNO2/c1-6-17-10-7-9(13(10,4)5)15-11(16)12(2,3)8-14/h9-10H,6-8H2,1-5H3,(H,15,16). The summed E-state index contributed by atoms with van der Waals surface area (Å²) < 4.78 is 5.64. The number of hydrogen-bond donors (Lipinski definition) is 1. The molecule has 0 spiro atoms. The van der Waals surface area contributed by atoms with Gasteiger partial charge >= 0.3 is 0 Å². The topological polar surface area (TPSA) is 38.3 Å². The molecule has 100 valence electrons. The Kier molecular flexibility index (Phi) is 4.48. The summed E-state index contributed by atoms with van der Waals surface area (Å²) in [6, 6.07) is 0.189. The van der Waals surface area contributed by atoms with Crippen LogP contribution in [0.3, 0.4) is 0 Å². The number of amides is 1. The maximum atomic E-state index is 12.0.